The number of ether oxygens (including phenoxy) is 3. The molecule has 2 aromatic rings. The zero-order valence-corrected chi connectivity index (χ0v) is 19.4. The Morgan fingerprint density at radius 1 is 1.00 bits per heavy atom. The number of esters is 1. The van der Waals surface area contributed by atoms with Crippen LogP contribution in [0.25, 0.3) is 5.57 Å². The third-order valence-electron chi connectivity index (χ3n) is 4.33. The minimum absolute atomic E-state index is 0.321. The van der Waals surface area contributed by atoms with Crippen LogP contribution in [0.15, 0.2) is 60.7 Å². The monoisotopic (exact) mass is 439 g/mol. The number of benzene rings is 2. The predicted molar refractivity (Wildman–Crippen MR) is 126 cm³/mol. The van der Waals surface area contributed by atoms with Crippen molar-refractivity contribution in [2.24, 2.45) is 0 Å². The van der Waals surface area contributed by atoms with E-state index in [1.165, 1.54) is 6.08 Å². The average Bonchev–Trinajstić information content (AvgIpc) is 2.73. The second kappa shape index (κ2) is 12.7. The molecule has 0 aliphatic carbocycles. The molecule has 0 heterocycles. The summed E-state index contributed by atoms with van der Waals surface area (Å²) < 4.78 is 16.1. The van der Waals surface area contributed by atoms with Gasteiger partial charge in [-0.15, -0.1) is 0 Å². The summed E-state index contributed by atoms with van der Waals surface area (Å²) in [4.78, 5) is 24.0. The van der Waals surface area contributed by atoms with Gasteiger partial charge in [-0.2, -0.15) is 0 Å². The molecule has 0 unspecified atom stereocenters. The van der Waals surface area contributed by atoms with Crippen molar-refractivity contribution >= 4 is 23.3 Å². The zero-order valence-electron chi connectivity index (χ0n) is 19.4. The van der Waals surface area contributed by atoms with E-state index in [0.29, 0.717) is 31.9 Å². The van der Waals surface area contributed by atoms with Gasteiger partial charge in [0.25, 0.3) is 0 Å². The summed E-state index contributed by atoms with van der Waals surface area (Å²) in [7, 11) is 0. The molecule has 0 spiro atoms. The smallest absolute Gasteiger partial charge is 0.412 e. The van der Waals surface area contributed by atoms with Crippen LogP contribution in [0, 0.1) is 0 Å². The van der Waals surface area contributed by atoms with Crippen molar-refractivity contribution in [2.45, 2.75) is 52.7 Å². The van der Waals surface area contributed by atoms with Crippen LogP contribution >= 0.6 is 0 Å². The average molecular weight is 440 g/mol. The Morgan fingerprint density at radius 2 is 1.69 bits per heavy atom. The van der Waals surface area contributed by atoms with E-state index in [2.05, 4.69) is 5.32 Å². The van der Waals surface area contributed by atoms with Crippen molar-refractivity contribution < 1.29 is 23.8 Å². The second-order valence-electron chi connectivity index (χ2n) is 8.27. The molecule has 0 bridgehead atoms. The first-order valence-electron chi connectivity index (χ1n) is 10.9. The Bertz CT molecular complexity index is 883. The molecule has 1 N–H and O–H groups in total. The third kappa shape index (κ3) is 9.79. The molecular weight excluding hydrogens is 406 g/mol. The van der Waals surface area contributed by atoms with E-state index in [0.717, 1.165) is 23.1 Å². The number of carbonyl (C=O) groups excluding carboxylic acids is 2. The number of hydrogen-bond acceptors (Lipinski definition) is 5. The molecule has 0 radical (unpaired) electrons. The van der Waals surface area contributed by atoms with Gasteiger partial charge in [-0.25, -0.2) is 9.59 Å². The number of anilines is 1. The Hall–Kier alpha value is -3.12. The number of rotatable bonds is 10. The third-order valence-corrected chi connectivity index (χ3v) is 4.33. The van der Waals surface area contributed by atoms with Crippen LogP contribution in [-0.2, 0) is 25.6 Å². The molecule has 0 aliphatic rings. The van der Waals surface area contributed by atoms with Crippen molar-refractivity contribution in [3.63, 3.8) is 0 Å². The topological polar surface area (TPSA) is 73.9 Å². The predicted octanol–water partition coefficient (Wildman–Crippen LogP) is 5.98. The largest absolute Gasteiger partial charge is 0.463 e. The summed E-state index contributed by atoms with van der Waals surface area (Å²) in [5, 5.41) is 2.71. The fraction of sp³-hybridized carbons (Fsp3) is 0.385. The highest BCUT2D eigenvalue weighted by Crippen LogP contribution is 2.23. The van der Waals surface area contributed by atoms with Gasteiger partial charge in [0.05, 0.1) is 13.2 Å². The van der Waals surface area contributed by atoms with Crippen molar-refractivity contribution in [2.75, 3.05) is 18.5 Å². The van der Waals surface area contributed by atoms with E-state index in [1.807, 2.05) is 63.2 Å². The molecule has 2 rings (SSSR count). The SMILES string of the molecule is CCOC(=O)C=C(CCCOCc1ccccc1)c1ccc(NC(=O)OC(C)(C)C)cc1. The van der Waals surface area contributed by atoms with Crippen molar-refractivity contribution in [1.82, 2.24) is 0 Å². The molecule has 1 amide bonds. The van der Waals surface area contributed by atoms with Crippen LogP contribution in [0.5, 0.6) is 0 Å². The minimum atomic E-state index is -0.567. The normalized spacial score (nSPS) is 11.7. The summed E-state index contributed by atoms with van der Waals surface area (Å²) in [5.74, 6) is -0.372. The molecule has 2 aromatic carbocycles. The number of allylic oxidation sites excluding steroid dienone is 1. The Balaban J connectivity index is 1.96. The van der Waals surface area contributed by atoms with E-state index in [4.69, 9.17) is 14.2 Å². The van der Waals surface area contributed by atoms with Gasteiger partial charge in [0.2, 0.25) is 0 Å². The van der Waals surface area contributed by atoms with Gasteiger partial charge in [0, 0.05) is 18.4 Å². The molecule has 0 saturated carbocycles. The quantitative estimate of drug-likeness (QED) is 0.280. The van der Waals surface area contributed by atoms with Gasteiger partial charge in [-0.3, -0.25) is 5.32 Å². The first-order valence-corrected chi connectivity index (χ1v) is 10.9. The Labute approximate surface area is 190 Å². The summed E-state index contributed by atoms with van der Waals surface area (Å²) in [6.45, 7) is 8.67. The molecule has 0 saturated heterocycles. The lowest BCUT2D eigenvalue weighted by Gasteiger charge is -2.19. The van der Waals surface area contributed by atoms with Crippen LogP contribution in [0.3, 0.4) is 0 Å². The van der Waals surface area contributed by atoms with Gasteiger partial charge < -0.3 is 14.2 Å². The van der Waals surface area contributed by atoms with Gasteiger partial charge in [0.1, 0.15) is 5.60 Å². The highest BCUT2D eigenvalue weighted by atomic mass is 16.6. The van der Waals surface area contributed by atoms with Crippen LogP contribution in [0.4, 0.5) is 10.5 Å². The molecule has 0 atom stereocenters. The number of amides is 1. The lowest BCUT2D eigenvalue weighted by Crippen LogP contribution is -2.27. The van der Waals surface area contributed by atoms with E-state index < -0.39 is 11.7 Å². The van der Waals surface area contributed by atoms with Gasteiger partial charge in [-0.1, -0.05) is 42.5 Å². The fourth-order valence-electron chi connectivity index (χ4n) is 2.94. The second-order valence-corrected chi connectivity index (χ2v) is 8.27. The van der Waals surface area contributed by atoms with Crippen molar-refractivity contribution in [1.29, 1.82) is 0 Å². The molecular formula is C26H33NO5. The Morgan fingerprint density at radius 3 is 2.31 bits per heavy atom. The van der Waals surface area contributed by atoms with Crippen LogP contribution in [0.1, 0.15) is 51.7 Å². The maximum Gasteiger partial charge on any atom is 0.412 e. The minimum Gasteiger partial charge on any atom is -0.463 e. The first kappa shape index (κ1) is 25.1. The molecule has 172 valence electrons. The highest BCUT2D eigenvalue weighted by Gasteiger charge is 2.16. The lowest BCUT2D eigenvalue weighted by atomic mass is 10.0. The molecule has 0 fully saturated rings. The number of nitrogens with one attached hydrogen (secondary N) is 1. The molecule has 0 aliphatic heterocycles. The zero-order chi connectivity index (χ0) is 23.4. The first-order chi connectivity index (χ1) is 15.3. The Kier molecular flexibility index (Phi) is 9.95. The maximum absolute atomic E-state index is 12.0. The summed E-state index contributed by atoms with van der Waals surface area (Å²) in [6, 6.07) is 17.3. The van der Waals surface area contributed by atoms with Gasteiger partial charge >= 0.3 is 12.1 Å². The molecule has 6 nitrogen and oxygen atoms in total. The number of hydrogen-bond donors (Lipinski definition) is 1. The summed E-state index contributed by atoms with van der Waals surface area (Å²) in [6.07, 6.45) is 2.43. The van der Waals surface area contributed by atoms with E-state index >= 15 is 0 Å². The summed E-state index contributed by atoms with van der Waals surface area (Å²) in [5.41, 5.74) is 2.92. The maximum atomic E-state index is 12.0. The van der Waals surface area contributed by atoms with Gasteiger partial charge in [0.15, 0.2) is 0 Å². The molecule has 32 heavy (non-hydrogen) atoms. The van der Waals surface area contributed by atoms with E-state index in [9.17, 15) is 9.59 Å². The summed E-state index contributed by atoms with van der Waals surface area (Å²) >= 11 is 0. The van der Waals surface area contributed by atoms with Crippen molar-refractivity contribution in [3.05, 3.63) is 71.8 Å². The van der Waals surface area contributed by atoms with Gasteiger partial charge in [-0.05, 0) is 69.4 Å². The molecule has 6 heteroatoms. The van der Waals surface area contributed by atoms with Crippen molar-refractivity contribution in [3.8, 4) is 0 Å². The van der Waals surface area contributed by atoms with Crippen LogP contribution in [-0.4, -0.2) is 30.9 Å². The standard InChI is InChI=1S/C26H33NO5/c1-5-31-24(28)18-22(12-9-17-30-19-20-10-7-6-8-11-20)21-13-15-23(16-14-21)27-25(29)32-26(2,3)4/h6-8,10-11,13-16,18H,5,9,12,17,19H2,1-4H3,(H,27,29). The molecule has 0 aromatic heterocycles. The van der Waals surface area contributed by atoms with Crippen LogP contribution in [0.2, 0.25) is 0 Å². The fourth-order valence-corrected chi connectivity index (χ4v) is 2.94. The van der Waals surface area contributed by atoms with E-state index in [-0.39, 0.29) is 5.97 Å². The van der Waals surface area contributed by atoms with E-state index in [1.54, 1.807) is 19.1 Å². The number of carbonyl (C=O) groups is 2. The van der Waals surface area contributed by atoms with Crippen LogP contribution < -0.4 is 5.32 Å². The lowest BCUT2D eigenvalue weighted by molar-refractivity contribution is -0.137. The highest BCUT2D eigenvalue weighted by molar-refractivity contribution is 5.92.